The maximum absolute atomic E-state index is 14.0. The molecule has 3 aromatic rings. The van der Waals surface area contributed by atoms with E-state index < -0.39 is 84.9 Å². The maximum Gasteiger partial charge on any atom is 0.490 e. The quantitative estimate of drug-likeness (QED) is 0.171. The molecule has 2 amide bonds. The molecule has 0 spiro atoms. The average molecular weight is 660 g/mol. The number of pyridine rings is 1. The van der Waals surface area contributed by atoms with Gasteiger partial charge >= 0.3 is 24.4 Å². The van der Waals surface area contributed by atoms with Gasteiger partial charge in [0.15, 0.2) is 11.6 Å². The predicted octanol–water partition coefficient (Wildman–Crippen LogP) is 5.68. The summed E-state index contributed by atoms with van der Waals surface area (Å²) in [5.74, 6) is -7.21. The highest BCUT2D eigenvalue weighted by atomic mass is 19.4. The van der Waals surface area contributed by atoms with Crippen molar-refractivity contribution < 1.29 is 68.8 Å². The zero-order valence-electron chi connectivity index (χ0n) is 23.5. The Balaban J connectivity index is 0.000000900. The lowest BCUT2D eigenvalue weighted by atomic mass is 9.95. The van der Waals surface area contributed by atoms with Gasteiger partial charge in [-0.15, -0.1) is 0 Å². The lowest BCUT2D eigenvalue weighted by Crippen LogP contribution is -2.53. The van der Waals surface area contributed by atoms with Crippen LogP contribution in [0.1, 0.15) is 46.9 Å². The van der Waals surface area contributed by atoms with Crippen molar-refractivity contribution in [2.24, 2.45) is 0 Å². The topological polar surface area (TPSA) is 142 Å². The second-order valence-electron chi connectivity index (χ2n) is 9.83. The third-order valence-corrected chi connectivity index (χ3v) is 6.00. The number of ether oxygens (including phenoxy) is 1. The molecule has 0 aliphatic carbocycles. The van der Waals surface area contributed by atoms with Crippen LogP contribution in [-0.2, 0) is 11.4 Å². The Bertz CT molecular complexity index is 1570. The summed E-state index contributed by atoms with van der Waals surface area (Å²) in [6.07, 6.45) is -13.1. The molecule has 0 radical (unpaired) electrons. The predicted molar refractivity (Wildman–Crippen MR) is 136 cm³/mol. The van der Waals surface area contributed by atoms with Crippen LogP contribution in [0.15, 0.2) is 24.3 Å². The van der Waals surface area contributed by atoms with Gasteiger partial charge in [-0.2, -0.15) is 36.0 Å². The Morgan fingerprint density at radius 1 is 0.956 bits per heavy atom. The van der Waals surface area contributed by atoms with Gasteiger partial charge in [0, 0.05) is 19.0 Å². The molecule has 19 heteroatoms. The first kappa shape index (κ1) is 36.5. The fourth-order valence-electron chi connectivity index (χ4n) is 3.83. The normalized spacial score (nSPS) is 13.0. The van der Waals surface area contributed by atoms with E-state index in [4.69, 9.17) is 19.7 Å². The van der Waals surface area contributed by atoms with Gasteiger partial charge in [0.2, 0.25) is 5.88 Å². The van der Waals surface area contributed by atoms with Crippen LogP contribution in [0.2, 0.25) is 0 Å². The Hall–Kier alpha value is -4.71. The van der Waals surface area contributed by atoms with Gasteiger partial charge in [0.05, 0.1) is 27.9 Å². The van der Waals surface area contributed by atoms with Crippen LogP contribution in [0.25, 0.3) is 5.52 Å². The lowest BCUT2D eigenvalue weighted by molar-refractivity contribution is -0.192. The number of carboxylic acids is 1. The molecular formula is C26H25F9N4O6. The van der Waals surface area contributed by atoms with E-state index >= 15 is 0 Å². The molecule has 0 aliphatic rings. The van der Waals surface area contributed by atoms with Crippen LogP contribution in [0.5, 0.6) is 5.88 Å². The largest absolute Gasteiger partial charge is 0.490 e. The molecule has 0 saturated heterocycles. The number of carbonyl (C=O) groups excluding carboxylic acids is 1. The number of carbonyl (C=O) groups is 3. The number of aryl methyl sites for hydroxylation is 2. The van der Waals surface area contributed by atoms with Crippen LogP contribution < -0.4 is 15.4 Å². The third kappa shape index (κ3) is 10.2. The smallest absolute Gasteiger partial charge is 0.475 e. The van der Waals surface area contributed by atoms with Gasteiger partial charge in [0.25, 0.3) is 5.91 Å². The summed E-state index contributed by atoms with van der Waals surface area (Å²) < 4.78 is 118. The molecule has 1 aromatic carbocycles. The summed E-state index contributed by atoms with van der Waals surface area (Å²) in [5, 5.41) is 24.9. The maximum atomic E-state index is 14.0. The summed E-state index contributed by atoms with van der Waals surface area (Å²) in [4.78, 5) is 33.1. The number of fused-ring (bicyclic) bond motifs is 1. The van der Waals surface area contributed by atoms with Crippen molar-refractivity contribution in [1.82, 2.24) is 20.2 Å². The number of amides is 2. The van der Waals surface area contributed by atoms with E-state index in [9.17, 15) is 49.1 Å². The van der Waals surface area contributed by atoms with Crippen molar-refractivity contribution in [3.8, 4) is 5.88 Å². The van der Waals surface area contributed by atoms with E-state index in [1.54, 1.807) is 13.0 Å². The number of hydrogen-bond donors (Lipinski definition) is 4. The minimum atomic E-state index is -5.08. The minimum Gasteiger partial charge on any atom is -0.475 e. The highest BCUT2D eigenvalue weighted by molar-refractivity contribution is 6.02. The van der Waals surface area contributed by atoms with Gasteiger partial charge in [-0.25, -0.2) is 22.8 Å². The van der Waals surface area contributed by atoms with Crippen LogP contribution in [0.3, 0.4) is 0 Å². The number of aliphatic carboxylic acids is 1. The van der Waals surface area contributed by atoms with Gasteiger partial charge in [-0.1, -0.05) is 0 Å². The number of nitrogens with zero attached hydrogens (tertiary/aromatic N) is 2. The first-order valence-electron chi connectivity index (χ1n) is 12.5. The van der Waals surface area contributed by atoms with E-state index in [1.807, 2.05) is 5.32 Å². The Kier molecular flexibility index (Phi) is 11.3. The monoisotopic (exact) mass is 660 g/mol. The SMILES string of the molecule is Cc1cc(OCc2c(F)ccc(F)c2F)n2nc(C)c(C(=O)NCC(C)(CCC(F)(F)F)NC(=O)O)c2c1.O=C(O)C(F)(F)F. The van der Waals surface area contributed by atoms with E-state index in [0.29, 0.717) is 11.6 Å². The Morgan fingerprint density at radius 3 is 2.07 bits per heavy atom. The van der Waals surface area contributed by atoms with Gasteiger partial charge in [-0.3, -0.25) is 4.79 Å². The van der Waals surface area contributed by atoms with Crippen molar-refractivity contribution in [3.05, 3.63) is 64.1 Å². The van der Waals surface area contributed by atoms with Crippen molar-refractivity contribution in [2.45, 2.75) is 58.1 Å². The van der Waals surface area contributed by atoms with E-state index in [-0.39, 0.29) is 22.7 Å². The number of rotatable bonds is 9. The van der Waals surface area contributed by atoms with Gasteiger partial charge < -0.3 is 25.6 Å². The number of halogens is 9. The number of aromatic nitrogens is 2. The zero-order valence-corrected chi connectivity index (χ0v) is 23.5. The number of benzene rings is 1. The summed E-state index contributed by atoms with van der Waals surface area (Å²) in [6, 6.07) is 4.43. The fraction of sp³-hybridized carbons (Fsp3) is 0.385. The average Bonchev–Trinajstić information content (AvgIpc) is 3.23. The molecule has 0 fully saturated rings. The second-order valence-corrected chi connectivity index (χ2v) is 9.83. The molecule has 0 bridgehead atoms. The Morgan fingerprint density at radius 2 is 1.53 bits per heavy atom. The van der Waals surface area contributed by atoms with E-state index in [1.165, 1.54) is 24.4 Å². The van der Waals surface area contributed by atoms with E-state index in [0.717, 1.165) is 6.07 Å². The first-order valence-corrected chi connectivity index (χ1v) is 12.5. The van der Waals surface area contributed by atoms with Crippen LogP contribution in [0, 0.1) is 31.3 Å². The third-order valence-electron chi connectivity index (χ3n) is 6.00. The molecule has 3 rings (SSSR count). The van der Waals surface area contributed by atoms with E-state index in [2.05, 4.69) is 10.4 Å². The molecule has 2 aromatic heterocycles. The molecule has 1 unspecified atom stereocenters. The number of nitrogens with one attached hydrogen (secondary N) is 2. The van der Waals surface area contributed by atoms with Gasteiger partial charge in [-0.05, 0) is 51.0 Å². The highest BCUT2D eigenvalue weighted by Gasteiger charge is 2.38. The molecular weight excluding hydrogens is 635 g/mol. The summed E-state index contributed by atoms with van der Waals surface area (Å²) >= 11 is 0. The molecule has 4 N–H and O–H groups in total. The van der Waals surface area contributed by atoms with Gasteiger partial charge in [0.1, 0.15) is 12.4 Å². The highest BCUT2D eigenvalue weighted by Crippen LogP contribution is 2.27. The molecule has 2 heterocycles. The minimum absolute atomic E-state index is 0.0206. The number of carboxylic acid groups (broad SMARTS) is 2. The van der Waals surface area contributed by atoms with Crippen LogP contribution in [0.4, 0.5) is 44.3 Å². The number of hydrogen-bond acceptors (Lipinski definition) is 5. The van der Waals surface area contributed by atoms with Crippen LogP contribution in [-0.4, -0.2) is 62.2 Å². The molecule has 1 atom stereocenters. The Labute approximate surface area is 247 Å². The van der Waals surface area contributed by atoms with Crippen LogP contribution >= 0.6 is 0 Å². The summed E-state index contributed by atoms with van der Waals surface area (Å²) in [6.45, 7) is 3.21. The molecule has 248 valence electrons. The fourth-order valence-corrected chi connectivity index (χ4v) is 3.83. The van der Waals surface area contributed by atoms with Crippen molar-refractivity contribution in [2.75, 3.05) is 6.54 Å². The lowest BCUT2D eigenvalue weighted by Gasteiger charge is -2.30. The molecule has 45 heavy (non-hydrogen) atoms. The summed E-state index contributed by atoms with van der Waals surface area (Å²) in [7, 11) is 0. The van der Waals surface area contributed by atoms with Crippen molar-refractivity contribution in [1.29, 1.82) is 0 Å². The molecule has 10 nitrogen and oxygen atoms in total. The van der Waals surface area contributed by atoms with Crippen molar-refractivity contribution >= 4 is 23.5 Å². The number of alkyl halides is 6. The first-order chi connectivity index (χ1) is 20.5. The molecule has 0 saturated carbocycles. The van der Waals surface area contributed by atoms with Crippen molar-refractivity contribution in [3.63, 3.8) is 0 Å². The summed E-state index contributed by atoms with van der Waals surface area (Å²) in [5.41, 5.74) is -1.30. The standard InChI is InChI=1S/C24H24F6N4O4.C2HF3O2/c1-12-8-17-19(21(35)31-11-23(3,32-22(36)37)6-7-24(28,29)30)13(2)33-34(17)18(9-12)38-10-14-15(25)4-5-16(26)20(14)27;3-2(4,5)1(6)7/h4-5,8-9,32H,6-7,10-11H2,1-3H3,(H,31,35)(H,36,37);(H,6,7). The second kappa shape index (κ2) is 13.9. The molecule has 0 aliphatic heterocycles. The zero-order chi connectivity index (χ0) is 34.5.